The molecule has 1 aliphatic rings. The third-order valence-electron chi connectivity index (χ3n) is 2.92. The van der Waals surface area contributed by atoms with E-state index in [1.165, 1.54) is 12.1 Å². The monoisotopic (exact) mass is 330 g/mol. The van der Waals surface area contributed by atoms with E-state index >= 15 is 0 Å². The van der Waals surface area contributed by atoms with Crippen molar-refractivity contribution in [1.82, 2.24) is 15.2 Å². The fraction of sp³-hybridized carbons (Fsp3) is 0.250. The number of hydrogen-bond donors (Lipinski definition) is 2. The summed E-state index contributed by atoms with van der Waals surface area (Å²) in [5.41, 5.74) is 0.292. The van der Waals surface area contributed by atoms with Crippen molar-refractivity contribution in [3.8, 4) is 0 Å². The minimum absolute atomic E-state index is 0.0639. The van der Waals surface area contributed by atoms with Crippen LogP contribution in [0.25, 0.3) is 0 Å². The van der Waals surface area contributed by atoms with E-state index in [0.717, 1.165) is 18.7 Å². The number of nitrogens with one attached hydrogen (secondary N) is 2. The molecule has 0 atom stereocenters. The molecular formula is C12H9Cl3N4O. The van der Waals surface area contributed by atoms with Crippen LogP contribution in [0.2, 0.25) is 15.1 Å². The van der Waals surface area contributed by atoms with Crippen LogP contribution < -0.4 is 5.32 Å². The molecule has 0 spiro atoms. The summed E-state index contributed by atoms with van der Waals surface area (Å²) in [6, 6.07) is 3.00. The molecular weight excluding hydrogens is 323 g/mol. The average molecular weight is 332 g/mol. The summed E-state index contributed by atoms with van der Waals surface area (Å²) in [6.45, 7) is 0. The molecule has 3 rings (SSSR count). The van der Waals surface area contributed by atoms with Crippen molar-refractivity contribution in [2.24, 2.45) is 0 Å². The molecule has 1 amide bonds. The van der Waals surface area contributed by atoms with E-state index in [-0.39, 0.29) is 15.9 Å². The zero-order valence-corrected chi connectivity index (χ0v) is 12.4. The van der Waals surface area contributed by atoms with Crippen LogP contribution in [0.4, 0.5) is 5.69 Å². The number of hydrogen-bond acceptors (Lipinski definition) is 3. The fourth-order valence-corrected chi connectivity index (χ4v) is 2.66. The number of nitrogens with zero attached hydrogens (tertiary/aromatic N) is 2. The molecule has 0 aliphatic heterocycles. The number of carbonyl (C=O) groups excluding carboxylic acids is 1. The Kier molecular flexibility index (Phi) is 3.58. The van der Waals surface area contributed by atoms with Crippen molar-refractivity contribution in [2.45, 2.75) is 18.8 Å². The Balaban J connectivity index is 1.81. The molecule has 0 radical (unpaired) electrons. The summed E-state index contributed by atoms with van der Waals surface area (Å²) in [6.07, 6.45) is 2.15. The first kappa shape index (κ1) is 13.7. The lowest BCUT2D eigenvalue weighted by Crippen LogP contribution is -2.14. The zero-order chi connectivity index (χ0) is 14.3. The second-order valence-electron chi connectivity index (χ2n) is 4.52. The second-order valence-corrected chi connectivity index (χ2v) is 5.77. The number of aromatic amines is 1. The van der Waals surface area contributed by atoms with Gasteiger partial charge >= 0.3 is 0 Å². The lowest BCUT2D eigenvalue weighted by atomic mass is 10.3. The number of carbonyl (C=O) groups is 1. The summed E-state index contributed by atoms with van der Waals surface area (Å²) in [5, 5.41) is 10.2. The summed E-state index contributed by atoms with van der Waals surface area (Å²) >= 11 is 17.8. The van der Waals surface area contributed by atoms with Gasteiger partial charge in [0.1, 0.15) is 5.82 Å². The molecule has 1 fully saturated rings. The van der Waals surface area contributed by atoms with Gasteiger partial charge < -0.3 is 5.32 Å². The van der Waals surface area contributed by atoms with E-state index < -0.39 is 5.91 Å². The molecule has 8 heteroatoms. The van der Waals surface area contributed by atoms with Gasteiger partial charge in [-0.1, -0.05) is 34.8 Å². The van der Waals surface area contributed by atoms with Crippen LogP contribution in [0.1, 0.15) is 35.2 Å². The highest BCUT2D eigenvalue weighted by atomic mass is 35.5. The Bertz CT molecular complexity index is 658. The Morgan fingerprint density at radius 3 is 2.50 bits per heavy atom. The summed E-state index contributed by atoms with van der Waals surface area (Å²) in [5.74, 6) is 0.725. The highest BCUT2D eigenvalue weighted by Gasteiger charge is 2.28. The van der Waals surface area contributed by atoms with E-state index in [9.17, 15) is 4.79 Å². The molecule has 1 aliphatic carbocycles. The molecule has 5 nitrogen and oxygen atoms in total. The van der Waals surface area contributed by atoms with Gasteiger partial charge in [0.15, 0.2) is 0 Å². The van der Waals surface area contributed by atoms with Gasteiger partial charge in [0.25, 0.3) is 5.91 Å². The highest BCUT2D eigenvalue weighted by molar-refractivity contribution is 6.42. The smallest absolute Gasteiger partial charge is 0.295 e. The Hall–Kier alpha value is -1.30. The van der Waals surface area contributed by atoms with Crippen molar-refractivity contribution in [3.05, 3.63) is 38.8 Å². The quantitative estimate of drug-likeness (QED) is 0.896. The number of rotatable bonds is 3. The van der Waals surface area contributed by atoms with E-state index in [2.05, 4.69) is 20.5 Å². The molecule has 0 bridgehead atoms. The van der Waals surface area contributed by atoms with E-state index in [1.807, 2.05) is 0 Å². The Morgan fingerprint density at radius 2 is 1.90 bits per heavy atom. The minimum Gasteiger partial charge on any atom is -0.317 e. The highest BCUT2D eigenvalue weighted by Crippen LogP contribution is 2.38. The van der Waals surface area contributed by atoms with Gasteiger partial charge in [0.05, 0.1) is 15.7 Å². The number of anilines is 1. The molecule has 20 heavy (non-hydrogen) atoms. The van der Waals surface area contributed by atoms with Crippen LogP contribution in [-0.2, 0) is 0 Å². The van der Waals surface area contributed by atoms with Gasteiger partial charge in [-0.2, -0.15) is 0 Å². The SMILES string of the molecule is O=C(Nc1c(Cl)cc(Cl)cc1Cl)c1n[nH]c(C2CC2)n1. The maximum Gasteiger partial charge on any atom is 0.295 e. The summed E-state index contributed by atoms with van der Waals surface area (Å²) in [7, 11) is 0. The molecule has 1 aromatic carbocycles. The molecule has 1 saturated carbocycles. The van der Waals surface area contributed by atoms with Gasteiger partial charge in [-0.15, -0.1) is 5.10 Å². The number of H-pyrrole nitrogens is 1. The van der Waals surface area contributed by atoms with Crippen molar-refractivity contribution >= 4 is 46.4 Å². The zero-order valence-electron chi connectivity index (χ0n) is 10.1. The first-order valence-corrected chi connectivity index (χ1v) is 7.06. The van der Waals surface area contributed by atoms with Gasteiger partial charge in [0, 0.05) is 10.9 Å². The molecule has 0 unspecified atom stereocenters. The van der Waals surface area contributed by atoms with Crippen LogP contribution in [0.15, 0.2) is 12.1 Å². The van der Waals surface area contributed by atoms with Gasteiger partial charge in [0.2, 0.25) is 5.82 Å². The van der Waals surface area contributed by atoms with Crippen molar-refractivity contribution in [1.29, 1.82) is 0 Å². The molecule has 1 heterocycles. The maximum absolute atomic E-state index is 12.1. The summed E-state index contributed by atoms with van der Waals surface area (Å²) in [4.78, 5) is 16.2. The topological polar surface area (TPSA) is 70.7 Å². The molecule has 1 aromatic heterocycles. The first-order chi connectivity index (χ1) is 9.54. The van der Waals surface area contributed by atoms with Crippen molar-refractivity contribution < 1.29 is 4.79 Å². The number of benzene rings is 1. The van der Waals surface area contributed by atoms with Gasteiger partial charge in [-0.25, -0.2) is 4.98 Å². The molecule has 2 N–H and O–H groups in total. The van der Waals surface area contributed by atoms with Crippen molar-refractivity contribution in [3.63, 3.8) is 0 Å². The minimum atomic E-state index is -0.473. The molecule has 2 aromatic rings. The van der Waals surface area contributed by atoms with E-state index in [4.69, 9.17) is 34.8 Å². The predicted molar refractivity (Wildman–Crippen MR) is 77.8 cm³/mol. The molecule has 104 valence electrons. The maximum atomic E-state index is 12.1. The van der Waals surface area contributed by atoms with Crippen LogP contribution >= 0.6 is 34.8 Å². The third-order valence-corrected chi connectivity index (χ3v) is 3.73. The van der Waals surface area contributed by atoms with Crippen molar-refractivity contribution in [2.75, 3.05) is 5.32 Å². The van der Waals surface area contributed by atoms with Crippen LogP contribution in [0.5, 0.6) is 0 Å². The predicted octanol–water partition coefficient (Wildman–Crippen LogP) is 3.89. The lowest BCUT2D eigenvalue weighted by Gasteiger charge is -2.08. The fourth-order valence-electron chi connectivity index (χ4n) is 1.75. The lowest BCUT2D eigenvalue weighted by molar-refractivity contribution is 0.101. The van der Waals surface area contributed by atoms with E-state index in [1.54, 1.807) is 0 Å². The van der Waals surface area contributed by atoms with E-state index in [0.29, 0.717) is 16.6 Å². The number of halogens is 3. The second kappa shape index (κ2) is 5.24. The Labute approximate surface area is 129 Å². The van der Waals surface area contributed by atoms with Gasteiger partial charge in [-0.05, 0) is 25.0 Å². The third kappa shape index (κ3) is 2.75. The van der Waals surface area contributed by atoms with Crippen LogP contribution in [0.3, 0.4) is 0 Å². The van der Waals surface area contributed by atoms with Crippen LogP contribution in [-0.4, -0.2) is 21.1 Å². The Morgan fingerprint density at radius 1 is 1.25 bits per heavy atom. The van der Waals surface area contributed by atoms with Crippen LogP contribution in [0, 0.1) is 0 Å². The largest absolute Gasteiger partial charge is 0.317 e. The van der Waals surface area contributed by atoms with Gasteiger partial charge in [-0.3, -0.25) is 9.89 Å². The molecule has 0 saturated heterocycles. The number of aromatic nitrogens is 3. The first-order valence-electron chi connectivity index (χ1n) is 5.93. The number of amides is 1. The standard InChI is InChI=1S/C12H9Cl3N4O/c13-6-3-7(14)9(8(15)4-6)16-12(20)11-17-10(18-19-11)5-1-2-5/h3-5H,1-2H2,(H,16,20)(H,17,18,19). The normalized spacial score (nSPS) is 14.3. The average Bonchev–Trinajstić information content (AvgIpc) is 3.11. The summed E-state index contributed by atoms with van der Waals surface area (Å²) < 4.78 is 0.